The summed E-state index contributed by atoms with van der Waals surface area (Å²) in [5, 5.41) is 5.97. The van der Waals surface area contributed by atoms with Crippen LogP contribution >= 0.6 is 0 Å². The minimum atomic E-state index is -2.47. The first-order chi connectivity index (χ1) is 70.5. The highest BCUT2D eigenvalue weighted by Crippen LogP contribution is 2.70. The summed E-state index contributed by atoms with van der Waals surface area (Å²) in [5.41, 5.74) is 15.2. The molecule has 720 valence electrons. The van der Waals surface area contributed by atoms with Gasteiger partial charge in [-0.05, 0) is 348 Å². The Hall–Kier alpha value is -10.5. The van der Waals surface area contributed by atoms with Crippen LogP contribution in [0.1, 0.15) is 306 Å². The summed E-state index contributed by atoms with van der Waals surface area (Å²) < 4.78 is 141. The van der Waals surface area contributed by atoms with Crippen molar-refractivity contribution in [2.75, 3.05) is 29.4 Å². The molecular weight excluding hydrogens is 1670 g/mol. The molecule has 4 saturated heterocycles. The lowest BCUT2D eigenvalue weighted by Gasteiger charge is -2.62. The topological polar surface area (TPSA) is 84.6 Å². The maximum atomic E-state index is 9.52. The SMILES string of the molecule is Cc1ccccc1N1c2ccccc2C(C)(C)[C@@H]1C.Cc1ccccc1N1c2ncccc2C(C)(C)[C@@H]1C.[2H]C([2H])([2H])C1(C)[C@H](C)N(c2c(C)ccc3c2oc2ccccc23)C(C)(C)C1([2H])[2H].[2H]C([2H])([2H])C1(C)[C@H](C)N(c2c(C)ccc3c2oc2ncccc23)C(C)(C)C1([2H])[2H].[2H]C1([2H])C2(C3CC4CC(C3)CC2C4)[C@H](C)N(c2ccccc2C)C1(C)C.[2H]C1([2H])C2(CCCCC2)[C@H](C)N(c2c(C)ccc3c2oc2ccccc23)C1(C)C. The van der Waals surface area contributed by atoms with E-state index in [2.05, 4.69) is 268 Å². The van der Waals surface area contributed by atoms with Crippen LogP contribution in [0.4, 0.5) is 45.6 Å². The lowest BCUT2D eigenvalue weighted by molar-refractivity contribution is -0.113. The van der Waals surface area contributed by atoms with E-state index in [-0.39, 0.29) is 33.7 Å². The number of nitrogens with zero attached hydrogens (tertiary/aromatic N) is 8. The molecule has 5 saturated carbocycles. The third-order valence-electron chi connectivity index (χ3n) is 34.9. The first-order valence-electron chi connectivity index (χ1n) is 58.1. The monoisotopic (exact) mass is 1850 g/mol. The van der Waals surface area contributed by atoms with Crippen molar-refractivity contribution in [3.63, 3.8) is 0 Å². The Morgan fingerprint density at radius 1 is 0.321 bits per heavy atom. The second kappa shape index (κ2) is 34.8. The third kappa shape index (κ3) is 15.9. The Bertz CT molecular complexity index is 7230. The summed E-state index contributed by atoms with van der Waals surface area (Å²) in [7, 11) is 0. The predicted octanol–water partition coefficient (Wildman–Crippen LogP) is 34.0. The second-order valence-corrected chi connectivity index (χ2v) is 46.0. The number of pyridine rings is 2. The molecule has 9 fully saturated rings. The van der Waals surface area contributed by atoms with E-state index in [9.17, 15) is 5.48 Å². The molecule has 2 unspecified atom stereocenters. The molecular formula is C126H158N8O3. The number of furan rings is 3. The highest BCUT2D eigenvalue weighted by molar-refractivity contribution is 6.12. The number of rotatable bonds is 6. The molecule has 11 heteroatoms. The van der Waals surface area contributed by atoms with E-state index in [1.807, 2.05) is 116 Å². The number of hydrogen-bond donors (Lipinski definition) is 0. The molecule has 14 aromatic rings. The third-order valence-corrected chi connectivity index (χ3v) is 34.9. The standard InChI is InChI=1S/C25H31NO.C23H33N.C22H27NO.C21H26N2O.C18H21N.C17H20N2/c1-17-12-13-20-19-10-6-7-11-21(19)27-23(20)22(17)26-18(2)25(16-24(26,3)4)14-8-5-9-15-25;1-15-7-5-6-8-21(15)24-16(2)23(14-22(24,3)4)19-10-17-9-18(12-19)13-20(23)11-17;1-14-11-12-17-16-9-7-8-10-18(16)24-20(17)19(14)23-15(2)21(3,4)13-22(23,5)6;1-13-9-10-15-16-8-7-11-22-19(16)24-18(15)17(13)23-14(2)20(3,4)12-21(23,5)6;1-13-9-5-7-11-16(13)19-14(2)18(3,4)15-10-6-8-12-17(15)19;1-12-8-5-6-10-15(12)19-13(2)17(3,4)14-9-7-11-18-16(14)19/h6-7,10-13,18H,5,8-9,14-16H2,1-4H3;5-8,16-20H,9-14H2,1-4H3;7-12,15H,13H2,1-6H3;7-11,14H,12H2,1-6H3;5-12,14H,1-4H3;5-11,13H,1-4H3/t18-;16-,17?,18?,19?,20?,23?;15-;2*14-;13-/m000000/s1/i16D2;14D2;3D3,13D2;3D3,12D2;;/t2m;15-,21?;14-,20?;;. The predicted molar refractivity (Wildman–Crippen MR) is 582 cm³/mol. The Labute approximate surface area is 840 Å². The Morgan fingerprint density at radius 2 is 0.708 bits per heavy atom. The minimum Gasteiger partial charge on any atom is -0.454 e. The fourth-order valence-electron chi connectivity index (χ4n) is 27.9. The van der Waals surface area contributed by atoms with Gasteiger partial charge in [-0.3, -0.25) is 0 Å². The Kier molecular flexibility index (Phi) is 20.1. The van der Waals surface area contributed by atoms with E-state index in [0.29, 0.717) is 40.8 Å². The van der Waals surface area contributed by atoms with Crippen LogP contribution in [0.3, 0.4) is 0 Å². The number of para-hydroxylation sites is 6. The lowest BCUT2D eigenvalue weighted by Crippen LogP contribution is -2.57. The van der Waals surface area contributed by atoms with E-state index < -0.39 is 84.3 Å². The van der Waals surface area contributed by atoms with Crippen LogP contribution in [0, 0.1) is 86.9 Å². The minimum absolute atomic E-state index is 0.116. The molecule has 8 atom stereocenters. The van der Waals surface area contributed by atoms with Crippen LogP contribution < -0.4 is 29.4 Å². The zero-order valence-corrected chi connectivity index (χ0v) is 86.4. The number of benzene rings is 9. The molecule has 0 N–H and O–H groups in total. The van der Waals surface area contributed by atoms with E-state index in [1.165, 1.54) is 89.1 Å². The highest BCUT2D eigenvalue weighted by Gasteiger charge is 2.66. The van der Waals surface area contributed by atoms with Gasteiger partial charge >= 0.3 is 0 Å². The molecule has 5 aromatic heterocycles. The second-order valence-electron chi connectivity index (χ2n) is 46.0. The molecule has 5 aliphatic carbocycles. The zero-order chi connectivity index (χ0) is 109. The van der Waals surface area contributed by atoms with Gasteiger partial charge in [-0.15, -0.1) is 0 Å². The molecule has 9 aromatic carbocycles. The molecule has 6 aliphatic heterocycles. The van der Waals surface area contributed by atoms with Crippen LogP contribution in [0.25, 0.3) is 65.9 Å². The van der Waals surface area contributed by atoms with Gasteiger partial charge in [0, 0.05) is 161 Å². The number of anilines is 8. The van der Waals surface area contributed by atoms with Gasteiger partial charge in [-0.25, -0.2) is 9.97 Å². The molecule has 137 heavy (non-hydrogen) atoms. The molecule has 11 nitrogen and oxygen atoms in total. The molecule has 0 amide bonds. The van der Waals surface area contributed by atoms with Gasteiger partial charge in [0.15, 0.2) is 16.7 Å². The van der Waals surface area contributed by atoms with Gasteiger partial charge in [0.05, 0.1) is 17.1 Å². The maximum absolute atomic E-state index is 9.52. The molecule has 25 rings (SSSR count). The molecule has 11 aliphatic rings. The van der Waals surface area contributed by atoms with Crippen molar-refractivity contribution in [1.29, 1.82) is 0 Å². The van der Waals surface area contributed by atoms with Crippen LogP contribution in [0.5, 0.6) is 0 Å². The van der Waals surface area contributed by atoms with Crippen molar-refractivity contribution in [3.05, 3.63) is 263 Å². The summed E-state index contributed by atoms with van der Waals surface area (Å²) in [4.78, 5) is 22.5. The zero-order valence-electron chi connectivity index (χ0n) is 100. The van der Waals surface area contributed by atoms with Crippen molar-refractivity contribution in [2.45, 2.75) is 353 Å². The van der Waals surface area contributed by atoms with Crippen LogP contribution in [-0.2, 0) is 10.8 Å². The van der Waals surface area contributed by atoms with E-state index in [0.717, 1.165) is 126 Å². The van der Waals surface area contributed by atoms with Gasteiger partial charge in [0.25, 0.3) is 0 Å². The summed E-state index contributed by atoms with van der Waals surface area (Å²) in [5.74, 6) is 3.99. The van der Waals surface area contributed by atoms with Crippen molar-refractivity contribution >= 4 is 112 Å². The van der Waals surface area contributed by atoms with Crippen LogP contribution in [0.2, 0.25) is 0 Å². The van der Waals surface area contributed by atoms with Gasteiger partial charge in [-0.1, -0.05) is 226 Å². The van der Waals surface area contributed by atoms with Crippen molar-refractivity contribution in [3.8, 4) is 0 Å². The first-order valence-corrected chi connectivity index (χ1v) is 51.1. The van der Waals surface area contributed by atoms with E-state index >= 15 is 0 Å². The summed E-state index contributed by atoms with van der Waals surface area (Å²) in [6.45, 7) is 48.5. The quantitative estimate of drug-likeness (QED) is 0.160. The van der Waals surface area contributed by atoms with Crippen molar-refractivity contribution in [1.82, 2.24) is 9.97 Å². The van der Waals surface area contributed by atoms with E-state index in [1.54, 1.807) is 54.7 Å². The average Bonchev–Trinajstić information content (AvgIpc) is 1.48. The number of fused-ring (bicyclic) bond motifs is 11. The fourth-order valence-corrected chi connectivity index (χ4v) is 27.9. The van der Waals surface area contributed by atoms with E-state index in [4.69, 9.17) is 27.0 Å². The van der Waals surface area contributed by atoms with Gasteiger partial charge in [-0.2, -0.15) is 0 Å². The number of hydrogen-bond acceptors (Lipinski definition) is 11. The van der Waals surface area contributed by atoms with Gasteiger partial charge < -0.3 is 42.7 Å². The number of aryl methyl sites for hydroxylation is 6. The van der Waals surface area contributed by atoms with Gasteiger partial charge in [0.1, 0.15) is 17.0 Å². The van der Waals surface area contributed by atoms with Crippen LogP contribution in [-0.4, -0.2) is 68.4 Å². The number of aromatic nitrogens is 2. The van der Waals surface area contributed by atoms with Crippen molar-refractivity contribution < 1.29 is 32.4 Å². The molecule has 4 bridgehead atoms. The normalized spacial score (nSPS) is 30.9. The van der Waals surface area contributed by atoms with Gasteiger partial charge in [0.2, 0.25) is 5.71 Å². The molecule has 0 radical (unpaired) electrons. The first kappa shape index (κ1) is 79.3. The maximum Gasteiger partial charge on any atom is 0.227 e. The summed E-state index contributed by atoms with van der Waals surface area (Å²) in [6.07, 6.45) is 9.08. The fraction of sp³-hybridized carbons (Fsp3) is 0.492. The lowest BCUT2D eigenvalue weighted by atomic mass is 9.43. The smallest absolute Gasteiger partial charge is 0.227 e. The van der Waals surface area contributed by atoms with Crippen LogP contribution in [0.15, 0.2) is 232 Å². The summed E-state index contributed by atoms with van der Waals surface area (Å²) in [6, 6.07) is 71.0. The highest BCUT2D eigenvalue weighted by atomic mass is 16.3. The molecule has 11 heterocycles. The largest absolute Gasteiger partial charge is 0.454 e. The average molecular weight is 1850 g/mol. The summed E-state index contributed by atoms with van der Waals surface area (Å²) >= 11 is 0. The van der Waals surface area contributed by atoms with Crippen molar-refractivity contribution in [2.24, 2.45) is 45.3 Å². The molecule has 2 spiro atoms. The Morgan fingerprint density at radius 3 is 1.20 bits per heavy atom. The Balaban J connectivity index is 0.000000114.